The van der Waals surface area contributed by atoms with Crippen LogP contribution in [0.5, 0.6) is 11.5 Å². The van der Waals surface area contributed by atoms with Crippen LogP contribution in [0.15, 0.2) is 30.3 Å². The van der Waals surface area contributed by atoms with Gasteiger partial charge in [-0.25, -0.2) is 4.79 Å². The lowest BCUT2D eigenvalue weighted by Crippen LogP contribution is -2.28. The number of methoxy groups -OCH3 is 1. The van der Waals surface area contributed by atoms with Crippen molar-refractivity contribution < 1.29 is 40.4 Å². The summed E-state index contributed by atoms with van der Waals surface area (Å²) >= 11 is 0. The van der Waals surface area contributed by atoms with E-state index in [9.17, 15) is 31.5 Å². The maximum absolute atomic E-state index is 12.4. The van der Waals surface area contributed by atoms with Crippen molar-refractivity contribution >= 4 is 26.9 Å². The number of ether oxygens (including phenoxy) is 1. The largest absolute Gasteiger partial charge is 0.534 e. The van der Waals surface area contributed by atoms with Crippen LogP contribution in [-0.4, -0.2) is 32.1 Å². The van der Waals surface area contributed by atoms with Gasteiger partial charge in [0, 0.05) is 5.39 Å². The highest BCUT2D eigenvalue weighted by atomic mass is 32.2. The van der Waals surface area contributed by atoms with Crippen LogP contribution in [-0.2, 0) is 14.9 Å². The normalized spacial score (nSPS) is 12.2. The number of carbonyl (C=O) groups excluding carboxylic acids is 1. The fourth-order valence-corrected chi connectivity index (χ4v) is 2.27. The van der Waals surface area contributed by atoms with Crippen molar-refractivity contribution in [2.45, 2.75) is 5.51 Å². The second-order valence-electron chi connectivity index (χ2n) is 4.32. The highest BCUT2D eigenvalue weighted by molar-refractivity contribution is 7.88. The molecule has 23 heavy (non-hydrogen) atoms. The lowest BCUT2D eigenvalue weighted by Gasteiger charge is -2.12. The number of phenolic OH excluding ortho intramolecular Hbond substituents is 1. The first-order valence-electron chi connectivity index (χ1n) is 5.91. The zero-order valence-corrected chi connectivity index (χ0v) is 12.2. The Bertz CT molecular complexity index is 873. The monoisotopic (exact) mass is 350 g/mol. The Labute approximate surface area is 128 Å². The summed E-state index contributed by atoms with van der Waals surface area (Å²) in [7, 11) is -4.77. The molecule has 2 aromatic carbocycles. The molecule has 0 heterocycles. The summed E-state index contributed by atoms with van der Waals surface area (Å²) < 4.78 is 67.9. The molecule has 0 atom stereocenters. The maximum atomic E-state index is 12.4. The van der Waals surface area contributed by atoms with Crippen molar-refractivity contribution in [1.82, 2.24) is 0 Å². The molecular formula is C13H9F3O6S. The van der Waals surface area contributed by atoms with E-state index in [0.717, 1.165) is 25.3 Å². The van der Waals surface area contributed by atoms with Gasteiger partial charge >= 0.3 is 21.6 Å². The Morgan fingerprint density at radius 1 is 1.22 bits per heavy atom. The molecule has 0 unspecified atom stereocenters. The van der Waals surface area contributed by atoms with Gasteiger partial charge in [0.05, 0.1) is 7.11 Å². The van der Waals surface area contributed by atoms with Gasteiger partial charge in [-0.15, -0.1) is 0 Å². The third-order valence-corrected chi connectivity index (χ3v) is 3.81. The average Bonchev–Trinajstić information content (AvgIpc) is 2.45. The third kappa shape index (κ3) is 3.16. The predicted octanol–water partition coefficient (Wildman–Crippen LogP) is 2.56. The number of halogens is 3. The summed E-state index contributed by atoms with van der Waals surface area (Å²) in [5.41, 5.74) is -5.82. The predicted molar refractivity (Wildman–Crippen MR) is 72.6 cm³/mol. The summed E-state index contributed by atoms with van der Waals surface area (Å²) in [5, 5.41) is 9.82. The fourth-order valence-electron chi connectivity index (χ4n) is 1.80. The first-order valence-corrected chi connectivity index (χ1v) is 7.32. The number of carbonyl (C=O) groups is 1. The zero-order valence-electron chi connectivity index (χ0n) is 11.4. The molecule has 0 amide bonds. The van der Waals surface area contributed by atoms with E-state index < -0.39 is 33.1 Å². The number of benzene rings is 2. The van der Waals surface area contributed by atoms with Crippen molar-refractivity contribution in [2.24, 2.45) is 0 Å². The SMILES string of the molecule is COC(=O)c1cc2cccc(OS(=O)(=O)C(F)(F)F)c2cc1O. The molecular weight excluding hydrogens is 341 g/mol. The summed E-state index contributed by atoms with van der Waals surface area (Å²) in [6.45, 7) is 0. The van der Waals surface area contributed by atoms with E-state index in [2.05, 4.69) is 8.92 Å². The first kappa shape index (κ1) is 16.9. The van der Waals surface area contributed by atoms with Gasteiger partial charge in [-0.3, -0.25) is 0 Å². The Balaban J connectivity index is 2.60. The quantitative estimate of drug-likeness (QED) is 0.520. The van der Waals surface area contributed by atoms with Crippen molar-refractivity contribution in [1.29, 1.82) is 0 Å². The average molecular weight is 350 g/mol. The molecule has 0 spiro atoms. The van der Waals surface area contributed by atoms with Crippen molar-refractivity contribution in [3.05, 3.63) is 35.9 Å². The van der Waals surface area contributed by atoms with Crippen molar-refractivity contribution in [2.75, 3.05) is 7.11 Å². The highest BCUT2D eigenvalue weighted by Crippen LogP contribution is 2.35. The van der Waals surface area contributed by atoms with Crippen molar-refractivity contribution in [3.63, 3.8) is 0 Å². The van der Waals surface area contributed by atoms with Gasteiger partial charge in [0.25, 0.3) is 0 Å². The summed E-state index contributed by atoms with van der Waals surface area (Å²) in [4.78, 5) is 11.5. The van der Waals surface area contributed by atoms with Gasteiger partial charge in [0.1, 0.15) is 11.3 Å². The highest BCUT2D eigenvalue weighted by Gasteiger charge is 2.48. The van der Waals surface area contributed by atoms with Gasteiger partial charge in [-0.1, -0.05) is 12.1 Å². The standard InChI is InChI=1S/C13H9F3O6S/c1-21-12(18)9-5-7-3-2-4-11(8(7)6-10(9)17)22-23(19,20)13(14,15)16/h2-6,17H,1H3. The molecule has 10 heteroatoms. The van der Waals surface area contributed by atoms with Gasteiger partial charge < -0.3 is 14.0 Å². The smallest absolute Gasteiger partial charge is 0.507 e. The minimum Gasteiger partial charge on any atom is -0.507 e. The van der Waals surface area contributed by atoms with Crippen LogP contribution in [0.1, 0.15) is 10.4 Å². The molecule has 0 aliphatic carbocycles. The van der Waals surface area contributed by atoms with E-state index in [1.54, 1.807) is 0 Å². The molecule has 1 N–H and O–H groups in total. The van der Waals surface area contributed by atoms with E-state index >= 15 is 0 Å². The van der Waals surface area contributed by atoms with E-state index in [4.69, 9.17) is 0 Å². The molecule has 0 saturated heterocycles. The number of phenols is 1. The molecule has 124 valence electrons. The second-order valence-corrected chi connectivity index (χ2v) is 5.86. The Kier molecular flexibility index (Phi) is 4.12. The van der Waals surface area contributed by atoms with Crippen LogP contribution >= 0.6 is 0 Å². The molecule has 0 aliphatic rings. The molecule has 0 radical (unpaired) electrons. The van der Waals surface area contributed by atoms with E-state index in [-0.39, 0.29) is 16.3 Å². The lowest BCUT2D eigenvalue weighted by atomic mass is 10.1. The minimum atomic E-state index is -5.86. The number of esters is 1. The van der Waals surface area contributed by atoms with Crippen LogP contribution < -0.4 is 4.18 Å². The zero-order chi connectivity index (χ0) is 17.4. The van der Waals surface area contributed by atoms with Crippen LogP contribution in [0.4, 0.5) is 13.2 Å². The molecule has 0 aliphatic heterocycles. The van der Waals surface area contributed by atoms with E-state index in [1.807, 2.05) is 0 Å². The second kappa shape index (κ2) is 5.61. The molecule has 6 nitrogen and oxygen atoms in total. The maximum Gasteiger partial charge on any atom is 0.534 e. The molecule has 2 aromatic rings. The number of hydrogen-bond donors (Lipinski definition) is 1. The summed E-state index contributed by atoms with van der Waals surface area (Å²) in [6.07, 6.45) is 0. The molecule has 0 saturated carbocycles. The van der Waals surface area contributed by atoms with Gasteiger partial charge in [-0.2, -0.15) is 21.6 Å². The van der Waals surface area contributed by atoms with Crippen LogP contribution in [0.2, 0.25) is 0 Å². The first-order chi connectivity index (χ1) is 10.6. The molecule has 0 fully saturated rings. The van der Waals surface area contributed by atoms with E-state index in [0.29, 0.717) is 0 Å². The van der Waals surface area contributed by atoms with Crippen LogP contribution in [0.25, 0.3) is 10.8 Å². The van der Waals surface area contributed by atoms with Gasteiger partial charge in [-0.05, 0) is 23.6 Å². The van der Waals surface area contributed by atoms with E-state index in [1.165, 1.54) is 12.1 Å². The lowest BCUT2D eigenvalue weighted by molar-refractivity contribution is -0.0499. The number of aromatic hydroxyl groups is 1. The van der Waals surface area contributed by atoms with Crippen molar-refractivity contribution in [3.8, 4) is 11.5 Å². The fraction of sp³-hybridized carbons (Fsp3) is 0.154. The molecule has 0 aromatic heterocycles. The van der Waals surface area contributed by atoms with Crippen LogP contribution in [0, 0.1) is 0 Å². The summed E-state index contributed by atoms with van der Waals surface area (Å²) in [5.74, 6) is -2.09. The summed E-state index contributed by atoms with van der Waals surface area (Å²) in [6, 6.07) is 5.69. The number of fused-ring (bicyclic) bond motifs is 1. The molecule has 0 bridgehead atoms. The Hall–Kier alpha value is -2.49. The Morgan fingerprint density at radius 2 is 1.87 bits per heavy atom. The third-order valence-electron chi connectivity index (χ3n) is 2.84. The number of hydrogen-bond acceptors (Lipinski definition) is 6. The van der Waals surface area contributed by atoms with Crippen LogP contribution in [0.3, 0.4) is 0 Å². The number of alkyl halides is 3. The van der Waals surface area contributed by atoms with Gasteiger partial charge in [0.15, 0.2) is 5.75 Å². The Morgan fingerprint density at radius 3 is 2.43 bits per heavy atom. The number of rotatable bonds is 3. The minimum absolute atomic E-state index is 0.120. The topological polar surface area (TPSA) is 89.9 Å². The molecule has 2 rings (SSSR count). The van der Waals surface area contributed by atoms with Gasteiger partial charge in [0.2, 0.25) is 0 Å².